The highest BCUT2D eigenvalue weighted by atomic mass is 15.0. The molecular weight excluding hydrogens is 282 g/mol. The first kappa shape index (κ1) is 22.3. The Morgan fingerprint density at radius 3 is 1.13 bits per heavy atom. The minimum absolute atomic E-state index is 0.224. The Balaban J connectivity index is 2.99. The molecule has 0 bridgehead atoms. The topological polar surface area (TPSA) is 64.4 Å². The van der Waals surface area contributed by atoms with E-state index in [4.69, 9.17) is 11.5 Å². The van der Waals surface area contributed by atoms with Crippen LogP contribution in [0.5, 0.6) is 0 Å². The van der Waals surface area contributed by atoms with Gasteiger partial charge in [-0.25, -0.2) is 0 Å². The molecule has 4 N–H and O–H groups in total. The van der Waals surface area contributed by atoms with Crippen LogP contribution in [0.1, 0.15) is 116 Å². The summed E-state index contributed by atoms with van der Waals surface area (Å²) in [6, 6.07) is 0. The van der Waals surface area contributed by atoms with Crippen LogP contribution >= 0.6 is 0 Å². The fraction of sp³-hybridized carbons (Fsp3) is 0.950. The Hall–Kier alpha value is -0.730. The van der Waals surface area contributed by atoms with Crippen LogP contribution in [0.3, 0.4) is 0 Å². The molecule has 0 saturated heterocycles. The van der Waals surface area contributed by atoms with Crippen LogP contribution in [-0.4, -0.2) is 12.5 Å². The number of nitrogens with two attached hydrogens (primary N) is 2. The number of guanidine groups is 1. The molecule has 0 aliphatic heterocycles. The van der Waals surface area contributed by atoms with E-state index in [9.17, 15) is 0 Å². The van der Waals surface area contributed by atoms with Crippen molar-refractivity contribution in [3.8, 4) is 0 Å². The maximum atomic E-state index is 5.29. The van der Waals surface area contributed by atoms with E-state index in [1.807, 2.05) is 0 Å². The number of unbranched alkanes of at least 4 members (excludes halogenated alkanes) is 16. The van der Waals surface area contributed by atoms with Crippen LogP contribution < -0.4 is 11.5 Å². The zero-order valence-electron chi connectivity index (χ0n) is 15.8. The molecule has 0 aromatic carbocycles. The molecule has 0 amide bonds. The minimum Gasteiger partial charge on any atom is -0.370 e. The van der Waals surface area contributed by atoms with E-state index in [0.717, 1.165) is 13.0 Å². The van der Waals surface area contributed by atoms with Crippen molar-refractivity contribution in [2.75, 3.05) is 6.54 Å². The van der Waals surface area contributed by atoms with Gasteiger partial charge in [-0.1, -0.05) is 110 Å². The zero-order chi connectivity index (χ0) is 17.0. The molecule has 0 unspecified atom stereocenters. The van der Waals surface area contributed by atoms with E-state index in [0.29, 0.717) is 0 Å². The Kier molecular flexibility index (Phi) is 18.7. The van der Waals surface area contributed by atoms with Crippen LogP contribution in [0, 0.1) is 0 Å². The van der Waals surface area contributed by atoms with Gasteiger partial charge in [-0.3, -0.25) is 4.99 Å². The molecule has 0 radical (unpaired) electrons. The largest absolute Gasteiger partial charge is 0.370 e. The summed E-state index contributed by atoms with van der Waals surface area (Å²) in [5, 5.41) is 0. The normalized spacial score (nSPS) is 10.8. The Morgan fingerprint density at radius 2 is 0.826 bits per heavy atom. The third-order valence-corrected chi connectivity index (χ3v) is 4.56. The van der Waals surface area contributed by atoms with Crippen molar-refractivity contribution in [1.82, 2.24) is 0 Å². The standard InChI is InChI=1S/C20H43N3/c1-2-3-4-5-6-7-8-9-10-11-12-13-14-15-16-17-18-19-23-20(21)22/h2-19H2,1H3,(H4,21,22,23). The van der Waals surface area contributed by atoms with Crippen LogP contribution in [0.25, 0.3) is 0 Å². The average Bonchev–Trinajstić information content (AvgIpc) is 2.53. The summed E-state index contributed by atoms with van der Waals surface area (Å²) in [5.41, 5.74) is 10.6. The van der Waals surface area contributed by atoms with Gasteiger partial charge in [0.05, 0.1) is 0 Å². The van der Waals surface area contributed by atoms with Gasteiger partial charge in [-0.15, -0.1) is 0 Å². The lowest BCUT2D eigenvalue weighted by Crippen LogP contribution is -2.22. The van der Waals surface area contributed by atoms with Gasteiger partial charge in [0, 0.05) is 6.54 Å². The van der Waals surface area contributed by atoms with Gasteiger partial charge in [0.15, 0.2) is 5.96 Å². The summed E-state index contributed by atoms with van der Waals surface area (Å²) >= 11 is 0. The molecule has 138 valence electrons. The molecule has 0 fully saturated rings. The Morgan fingerprint density at radius 1 is 0.522 bits per heavy atom. The molecule has 23 heavy (non-hydrogen) atoms. The number of hydrogen-bond donors (Lipinski definition) is 2. The van der Waals surface area contributed by atoms with Crippen molar-refractivity contribution in [1.29, 1.82) is 0 Å². The van der Waals surface area contributed by atoms with Crippen molar-refractivity contribution < 1.29 is 0 Å². The zero-order valence-corrected chi connectivity index (χ0v) is 15.8. The number of hydrogen-bond acceptors (Lipinski definition) is 1. The van der Waals surface area contributed by atoms with Crippen LogP contribution in [0.15, 0.2) is 4.99 Å². The van der Waals surface area contributed by atoms with Crippen molar-refractivity contribution in [3.05, 3.63) is 0 Å². The predicted molar refractivity (Wildman–Crippen MR) is 105 cm³/mol. The number of aliphatic imine (C=N–C) groups is 1. The maximum Gasteiger partial charge on any atom is 0.185 e. The summed E-state index contributed by atoms with van der Waals surface area (Å²) in [6.45, 7) is 3.08. The highest BCUT2D eigenvalue weighted by molar-refractivity contribution is 5.75. The fourth-order valence-electron chi connectivity index (χ4n) is 3.04. The van der Waals surface area contributed by atoms with Crippen molar-refractivity contribution in [3.63, 3.8) is 0 Å². The molecular formula is C20H43N3. The highest BCUT2D eigenvalue weighted by Crippen LogP contribution is 2.13. The SMILES string of the molecule is CCCCCCCCCCCCCCCCCCCN=C(N)N. The third kappa shape index (κ3) is 21.3. The summed E-state index contributed by atoms with van der Waals surface area (Å²) in [6.07, 6.45) is 23.8. The van der Waals surface area contributed by atoms with E-state index in [1.165, 1.54) is 103 Å². The lowest BCUT2D eigenvalue weighted by atomic mass is 10.0. The van der Waals surface area contributed by atoms with Crippen LogP contribution in [0.2, 0.25) is 0 Å². The molecule has 0 aliphatic carbocycles. The predicted octanol–water partition coefficient (Wildman–Crippen LogP) is 5.91. The molecule has 0 saturated carbocycles. The van der Waals surface area contributed by atoms with Gasteiger partial charge in [-0.05, 0) is 6.42 Å². The molecule has 3 nitrogen and oxygen atoms in total. The van der Waals surface area contributed by atoms with Gasteiger partial charge in [-0.2, -0.15) is 0 Å². The first-order chi connectivity index (χ1) is 11.3. The van der Waals surface area contributed by atoms with Gasteiger partial charge < -0.3 is 11.5 Å². The second-order valence-electron chi connectivity index (χ2n) is 6.96. The maximum absolute atomic E-state index is 5.29. The molecule has 0 atom stereocenters. The van der Waals surface area contributed by atoms with E-state index in [1.54, 1.807) is 0 Å². The molecule has 0 rings (SSSR count). The molecule has 0 heterocycles. The second kappa shape index (κ2) is 19.3. The lowest BCUT2D eigenvalue weighted by Gasteiger charge is -2.03. The van der Waals surface area contributed by atoms with E-state index < -0.39 is 0 Å². The molecule has 3 heteroatoms. The molecule has 0 aromatic heterocycles. The van der Waals surface area contributed by atoms with Gasteiger partial charge in [0.25, 0.3) is 0 Å². The average molecular weight is 326 g/mol. The summed E-state index contributed by atoms with van der Waals surface area (Å²) in [4.78, 5) is 4.00. The Bertz CT molecular complexity index is 247. The summed E-state index contributed by atoms with van der Waals surface area (Å²) in [7, 11) is 0. The first-order valence-corrected chi connectivity index (χ1v) is 10.3. The summed E-state index contributed by atoms with van der Waals surface area (Å²) in [5.74, 6) is 0.224. The quantitative estimate of drug-likeness (QED) is 0.187. The number of nitrogens with zero attached hydrogens (tertiary/aromatic N) is 1. The smallest absolute Gasteiger partial charge is 0.185 e. The van der Waals surface area contributed by atoms with Gasteiger partial charge in [0.1, 0.15) is 0 Å². The summed E-state index contributed by atoms with van der Waals surface area (Å²) < 4.78 is 0. The van der Waals surface area contributed by atoms with Gasteiger partial charge >= 0.3 is 0 Å². The Labute approximate surface area is 145 Å². The van der Waals surface area contributed by atoms with Crippen molar-refractivity contribution >= 4 is 5.96 Å². The third-order valence-electron chi connectivity index (χ3n) is 4.56. The highest BCUT2D eigenvalue weighted by Gasteiger charge is 1.94. The van der Waals surface area contributed by atoms with E-state index >= 15 is 0 Å². The molecule has 0 aromatic rings. The lowest BCUT2D eigenvalue weighted by molar-refractivity contribution is 0.527. The van der Waals surface area contributed by atoms with E-state index in [2.05, 4.69) is 11.9 Å². The van der Waals surface area contributed by atoms with E-state index in [-0.39, 0.29) is 5.96 Å². The number of rotatable bonds is 18. The second-order valence-corrected chi connectivity index (χ2v) is 6.96. The molecule has 0 spiro atoms. The first-order valence-electron chi connectivity index (χ1n) is 10.3. The van der Waals surface area contributed by atoms with Crippen LogP contribution in [0.4, 0.5) is 0 Å². The van der Waals surface area contributed by atoms with Crippen molar-refractivity contribution in [2.24, 2.45) is 16.5 Å². The van der Waals surface area contributed by atoms with Crippen molar-refractivity contribution in [2.45, 2.75) is 116 Å². The van der Waals surface area contributed by atoms with Gasteiger partial charge in [0.2, 0.25) is 0 Å². The molecule has 0 aliphatic rings. The van der Waals surface area contributed by atoms with Crippen LogP contribution in [-0.2, 0) is 0 Å². The minimum atomic E-state index is 0.224. The fourth-order valence-corrected chi connectivity index (χ4v) is 3.04. The monoisotopic (exact) mass is 325 g/mol.